The smallest absolute Gasteiger partial charge is 0.127 e. The van der Waals surface area contributed by atoms with Gasteiger partial charge in [0.25, 0.3) is 0 Å². The summed E-state index contributed by atoms with van der Waals surface area (Å²) < 4.78 is 19.8. The first-order valence-electron chi connectivity index (χ1n) is 8.42. The van der Waals surface area contributed by atoms with Crippen LogP contribution in [0.25, 0.3) is 0 Å². The monoisotopic (exact) mass is 291 g/mol. The zero-order valence-corrected chi connectivity index (χ0v) is 12.9. The van der Waals surface area contributed by atoms with Crippen LogP contribution in [0.4, 0.5) is 4.39 Å². The SMILES string of the molecule is CCC1CCCC(Oc2cc(F)cc(CNC3CC3)c2)C1. The highest BCUT2D eigenvalue weighted by molar-refractivity contribution is 5.30. The Labute approximate surface area is 127 Å². The van der Waals surface area contributed by atoms with Crippen LogP contribution in [0.15, 0.2) is 18.2 Å². The minimum Gasteiger partial charge on any atom is -0.490 e. The third-order valence-corrected chi connectivity index (χ3v) is 4.72. The molecular formula is C18H26FNO. The molecule has 1 aromatic rings. The van der Waals surface area contributed by atoms with E-state index in [1.165, 1.54) is 38.2 Å². The van der Waals surface area contributed by atoms with Gasteiger partial charge in [-0.3, -0.25) is 0 Å². The summed E-state index contributed by atoms with van der Waals surface area (Å²) in [7, 11) is 0. The maximum atomic E-state index is 13.8. The Balaban J connectivity index is 1.60. The molecule has 3 heteroatoms. The van der Waals surface area contributed by atoms with E-state index in [2.05, 4.69) is 12.2 Å². The zero-order valence-electron chi connectivity index (χ0n) is 12.9. The molecular weight excluding hydrogens is 265 g/mol. The van der Waals surface area contributed by atoms with Gasteiger partial charge in [-0.25, -0.2) is 4.39 Å². The van der Waals surface area contributed by atoms with E-state index in [4.69, 9.17) is 4.74 Å². The van der Waals surface area contributed by atoms with Gasteiger partial charge in [0.05, 0.1) is 6.10 Å². The average Bonchev–Trinajstić information content (AvgIpc) is 3.29. The molecule has 0 saturated heterocycles. The van der Waals surface area contributed by atoms with Crippen LogP contribution in [-0.2, 0) is 6.54 Å². The Morgan fingerprint density at radius 1 is 1.19 bits per heavy atom. The number of nitrogens with one attached hydrogen (secondary N) is 1. The lowest BCUT2D eigenvalue weighted by atomic mass is 9.85. The summed E-state index contributed by atoms with van der Waals surface area (Å²) in [5, 5.41) is 3.42. The number of benzene rings is 1. The van der Waals surface area contributed by atoms with E-state index in [0.717, 1.165) is 30.9 Å². The van der Waals surface area contributed by atoms with Gasteiger partial charge in [-0.1, -0.05) is 19.8 Å². The molecule has 2 unspecified atom stereocenters. The van der Waals surface area contributed by atoms with Crippen LogP contribution in [-0.4, -0.2) is 12.1 Å². The van der Waals surface area contributed by atoms with Crippen molar-refractivity contribution in [2.24, 2.45) is 5.92 Å². The molecule has 2 atom stereocenters. The van der Waals surface area contributed by atoms with Crippen LogP contribution in [0.2, 0.25) is 0 Å². The van der Waals surface area contributed by atoms with E-state index in [1.54, 1.807) is 6.07 Å². The average molecular weight is 291 g/mol. The quantitative estimate of drug-likeness (QED) is 0.837. The van der Waals surface area contributed by atoms with Crippen molar-refractivity contribution in [3.8, 4) is 5.75 Å². The fraction of sp³-hybridized carbons (Fsp3) is 0.667. The second kappa shape index (κ2) is 6.78. The first-order valence-corrected chi connectivity index (χ1v) is 8.42. The van der Waals surface area contributed by atoms with Gasteiger partial charge in [-0.15, -0.1) is 0 Å². The van der Waals surface area contributed by atoms with Crippen molar-refractivity contribution in [3.63, 3.8) is 0 Å². The Hall–Kier alpha value is -1.09. The number of rotatable bonds is 6. The highest BCUT2D eigenvalue weighted by Gasteiger charge is 2.23. The molecule has 1 N–H and O–H groups in total. The largest absolute Gasteiger partial charge is 0.490 e. The Morgan fingerprint density at radius 3 is 2.81 bits per heavy atom. The number of hydrogen-bond donors (Lipinski definition) is 1. The molecule has 0 radical (unpaired) electrons. The van der Waals surface area contributed by atoms with E-state index in [-0.39, 0.29) is 11.9 Å². The third kappa shape index (κ3) is 4.44. The molecule has 116 valence electrons. The van der Waals surface area contributed by atoms with Gasteiger partial charge in [0.2, 0.25) is 0 Å². The predicted octanol–water partition coefficient (Wildman–Crippen LogP) is 4.43. The molecule has 0 aromatic heterocycles. The van der Waals surface area contributed by atoms with Crippen molar-refractivity contribution < 1.29 is 9.13 Å². The summed E-state index contributed by atoms with van der Waals surface area (Å²) >= 11 is 0. The van der Waals surface area contributed by atoms with Crippen LogP contribution in [0, 0.1) is 11.7 Å². The maximum Gasteiger partial charge on any atom is 0.127 e. The normalized spacial score (nSPS) is 25.8. The van der Waals surface area contributed by atoms with Crippen LogP contribution in [0.3, 0.4) is 0 Å². The van der Waals surface area contributed by atoms with E-state index < -0.39 is 0 Å². The minimum atomic E-state index is -0.192. The van der Waals surface area contributed by atoms with Crippen molar-refractivity contribution in [2.75, 3.05) is 0 Å². The van der Waals surface area contributed by atoms with Crippen LogP contribution in [0.5, 0.6) is 5.75 Å². The zero-order chi connectivity index (χ0) is 14.7. The Morgan fingerprint density at radius 2 is 2.05 bits per heavy atom. The van der Waals surface area contributed by atoms with Gasteiger partial charge in [-0.05, 0) is 55.7 Å². The van der Waals surface area contributed by atoms with Crippen molar-refractivity contribution in [1.82, 2.24) is 5.32 Å². The Kier molecular flexibility index (Phi) is 4.79. The van der Waals surface area contributed by atoms with Gasteiger partial charge in [-0.2, -0.15) is 0 Å². The topological polar surface area (TPSA) is 21.3 Å². The van der Waals surface area contributed by atoms with Gasteiger partial charge >= 0.3 is 0 Å². The summed E-state index contributed by atoms with van der Waals surface area (Å²) in [6.07, 6.45) is 8.74. The summed E-state index contributed by atoms with van der Waals surface area (Å²) in [5.41, 5.74) is 0.986. The molecule has 2 saturated carbocycles. The molecule has 0 spiro atoms. The molecule has 0 heterocycles. The van der Waals surface area contributed by atoms with Crippen molar-refractivity contribution in [3.05, 3.63) is 29.6 Å². The predicted molar refractivity (Wildman–Crippen MR) is 82.9 cm³/mol. The summed E-state index contributed by atoms with van der Waals surface area (Å²) in [6, 6.07) is 5.77. The fourth-order valence-electron chi connectivity index (χ4n) is 3.25. The third-order valence-electron chi connectivity index (χ3n) is 4.72. The summed E-state index contributed by atoms with van der Waals surface area (Å²) in [5.74, 6) is 1.28. The molecule has 2 aliphatic rings. The first-order chi connectivity index (χ1) is 10.2. The molecule has 2 nitrogen and oxygen atoms in total. The van der Waals surface area contributed by atoms with Gasteiger partial charge < -0.3 is 10.1 Å². The highest BCUT2D eigenvalue weighted by atomic mass is 19.1. The molecule has 21 heavy (non-hydrogen) atoms. The van der Waals surface area contributed by atoms with E-state index >= 15 is 0 Å². The molecule has 1 aromatic carbocycles. The van der Waals surface area contributed by atoms with Crippen molar-refractivity contribution >= 4 is 0 Å². The summed E-state index contributed by atoms with van der Waals surface area (Å²) in [4.78, 5) is 0. The van der Waals surface area contributed by atoms with E-state index in [1.807, 2.05) is 6.07 Å². The summed E-state index contributed by atoms with van der Waals surface area (Å²) in [6.45, 7) is 2.98. The van der Waals surface area contributed by atoms with E-state index in [9.17, 15) is 4.39 Å². The highest BCUT2D eigenvalue weighted by Crippen LogP contribution is 2.30. The molecule has 0 bridgehead atoms. The van der Waals surface area contributed by atoms with Crippen LogP contribution in [0.1, 0.15) is 57.4 Å². The van der Waals surface area contributed by atoms with Crippen molar-refractivity contribution in [1.29, 1.82) is 0 Å². The fourth-order valence-corrected chi connectivity index (χ4v) is 3.25. The lowest BCUT2D eigenvalue weighted by Gasteiger charge is -2.29. The number of halogens is 1. The molecule has 2 aliphatic carbocycles. The van der Waals surface area contributed by atoms with Gasteiger partial charge in [0, 0.05) is 18.7 Å². The molecule has 0 amide bonds. The van der Waals surface area contributed by atoms with Gasteiger partial charge in [0.15, 0.2) is 0 Å². The second-order valence-electron chi connectivity index (χ2n) is 6.63. The standard InChI is InChI=1S/C18H26FNO/c1-2-13-4-3-5-17(9-13)21-18-10-14(8-15(19)11-18)12-20-16-6-7-16/h8,10-11,13,16-17,20H,2-7,9,12H2,1H3. The lowest BCUT2D eigenvalue weighted by molar-refractivity contribution is 0.121. The molecule has 0 aliphatic heterocycles. The molecule has 2 fully saturated rings. The number of hydrogen-bond acceptors (Lipinski definition) is 2. The minimum absolute atomic E-state index is 0.192. The molecule has 3 rings (SSSR count). The lowest BCUT2D eigenvalue weighted by Crippen LogP contribution is -2.25. The van der Waals surface area contributed by atoms with Crippen LogP contribution >= 0.6 is 0 Å². The number of ether oxygens (including phenoxy) is 1. The van der Waals surface area contributed by atoms with Crippen LogP contribution < -0.4 is 10.1 Å². The first kappa shape index (κ1) is 14.8. The second-order valence-corrected chi connectivity index (χ2v) is 6.63. The van der Waals surface area contributed by atoms with Crippen molar-refractivity contribution in [2.45, 2.75) is 70.6 Å². The Bertz CT molecular complexity index is 472. The maximum absolute atomic E-state index is 13.8. The van der Waals surface area contributed by atoms with Gasteiger partial charge in [0.1, 0.15) is 11.6 Å². The van der Waals surface area contributed by atoms with E-state index in [0.29, 0.717) is 11.8 Å².